The van der Waals surface area contributed by atoms with Gasteiger partial charge in [-0.3, -0.25) is 0 Å². The number of rotatable bonds is 1. The van der Waals surface area contributed by atoms with Gasteiger partial charge in [0.15, 0.2) is 0 Å². The number of hydrogen-bond acceptors (Lipinski definition) is 3. The third-order valence-corrected chi connectivity index (χ3v) is 1.81. The van der Waals surface area contributed by atoms with Gasteiger partial charge in [0.2, 0.25) is 0 Å². The largest absolute Gasteiger partial charge is 0.398 e. The van der Waals surface area contributed by atoms with Gasteiger partial charge < -0.3 is 11.5 Å². The van der Waals surface area contributed by atoms with Crippen LogP contribution in [0, 0.1) is 0 Å². The Morgan fingerprint density at radius 2 is 2.10 bits per heavy atom. The van der Waals surface area contributed by atoms with Crippen LogP contribution in [-0.4, -0.2) is 0 Å². The molecule has 3 heteroatoms. The topological polar surface area (TPSA) is 52.0 Å². The van der Waals surface area contributed by atoms with E-state index in [4.69, 9.17) is 11.5 Å². The highest BCUT2D eigenvalue weighted by Crippen LogP contribution is 2.18. The van der Waals surface area contributed by atoms with E-state index in [2.05, 4.69) is 12.6 Å². The van der Waals surface area contributed by atoms with Crippen LogP contribution in [0.25, 0.3) is 0 Å². The van der Waals surface area contributed by atoms with E-state index in [1.807, 2.05) is 18.2 Å². The van der Waals surface area contributed by atoms with Crippen molar-refractivity contribution >= 4 is 18.3 Å². The van der Waals surface area contributed by atoms with E-state index in [-0.39, 0.29) is 0 Å². The minimum Gasteiger partial charge on any atom is -0.398 e. The predicted octanol–water partition coefficient (Wildman–Crippen LogP) is 1.02. The quantitative estimate of drug-likeness (QED) is 0.418. The molecule has 0 aliphatic carbocycles. The van der Waals surface area contributed by atoms with Crippen molar-refractivity contribution in [1.29, 1.82) is 0 Å². The molecule has 0 atom stereocenters. The molecular formula is C7H10N2S. The molecule has 2 nitrogen and oxygen atoms in total. The van der Waals surface area contributed by atoms with Gasteiger partial charge in [-0.05, 0) is 12.1 Å². The average molecular weight is 154 g/mol. The van der Waals surface area contributed by atoms with Gasteiger partial charge in [0.05, 0.1) is 0 Å². The van der Waals surface area contributed by atoms with Gasteiger partial charge >= 0.3 is 0 Å². The van der Waals surface area contributed by atoms with Crippen LogP contribution in [0.5, 0.6) is 0 Å². The van der Waals surface area contributed by atoms with Gasteiger partial charge in [0.1, 0.15) is 0 Å². The zero-order chi connectivity index (χ0) is 7.56. The molecule has 0 heterocycles. The Morgan fingerprint density at radius 1 is 1.40 bits per heavy atom. The first kappa shape index (κ1) is 7.44. The van der Waals surface area contributed by atoms with E-state index in [0.717, 1.165) is 16.1 Å². The molecule has 0 aliphatic rings. The SMILES string of the molecule is NCc1c(N)cccc1S. The Bertz CT molecular complexity index is 215. The monoisotopic (exact) mass is 154 g/mol. The first-order valence-corrected chi connectivity index (χ1v) is 3.47. The molecule has 1 aromatic carbocycles. The van der Waals surface area contributed by atoms with Crippen molar-refractivity contribution in [3.8, 4) is 0 Å². The third kappa shape index (κ3) is 1.25. The van der Waals surface area contributed by atoms with Gasteiger partial charge in [-0.2, -0.15) is 0 Å². The Labute approximate surface area is 65.6 Å². The first-order valence-electron chi connectivity index (χ1n) is 3.02. The van der Waals surface area contributed by atoms with E-state index in [9.17, 15) is 0 Å². The summed E-state index contributed by atoms with van der Waals surface area (Å²) in [5.74, 6) is 0. The number of hydrogen-bond donors (Lipinski definition) is 3. The predicted molar refractivity (Wildman–Crippen MR) is 46.0 cm³/mol. The van der Waals surface area contributed by atoms with Crippen LogP contribution in [0.4, 0.5) is 5.69 Å². The Morgan fingerprint density at radius 3 is 2.50 bits per heavy atom. The van der Waals surface area contributed by atoms with Crippen LogP contribution in [-0.2, 0) is 6.54 Å². The number of anilines is 1. The van der Waals surface area contributed by atoms with E-state index in [1.54, 1.807) is 0 Å². The molecule has 10 heavy (non-hydrogen) atoms. The fourth-order valence-electron chi connectivity index (χ4n) is 0.814. The lowest BCUT2D eigenvalue weighted by atomic mass is 10.2. The van der Waals surface area contributed by atoms with Crippen LogP contribution in [0.2, 0.25) is 0 Å². The van der Waals surface area contributed by atoms with E-state index in [0.29, 0.717) is 6.54 Å². The van der Waals surface area contributed by atoms with Gasteiger partial charge in [-0.15, -0.1) is 12.6 Å². The van der Waals surface area contributed by atoms with Crippen molar-refractivity contribution in [1.82, 2.24) is 0 Å². The van der Waals surface area contributed by atoms with Gasteiger partial charge in [-0.1, -0.05) is 6.07 Å². The normalized spacial score (nSPS) is 9.80. The van der Waals surface area contributed by atoms with Crippen LogP contribution in [0.3, 0.4) is 0 Å². The molecule has 0 saturated carbocycles. The van der Waals surface area contributed by atoms with Gasteiger partial charge in [0, 0.05) is 22.7 Å². The standard InChI is InChI=1S/C7H10N2S/c8-4-5-6(9)2-1-3-7(5)10/h1-3,10H,4,8-9H2. The molecule has 1 aromatic rings. The summed E-state index contributed by atoms with van der Waals surface area (Å²) >= 11 is 4.19. The maximum atomic E-state index is 5.60. The summed E-state index contributed by atoms with van der Waals surface area (Å²) in [6.07, 6.45) is 0. The average Bonchev–Trinajstić information content (AvgIpc) is 1.88. The second-order valence-corrected chi connectivity index (χ2v) is 2.53. The van der Waals surface area contributed by atoms with Crippen molar-refractivity contribution < 1.29 is 0 Å². The highest BCUT2D eigenvalue weighted by atomic mass is 32.1. The molecule has 0 unspecified atom stereocenters. The van der Waals surface area contributed by atoms with Gasteiger partial charge in [0.25, 0.3) is 0 Å². The van der Waals surface area contributed by atoms with Crippen molar-refractivity contribution in [3.05, 3.63) is 23.8 Å². The molecule has 0 amide bonds. The fraction of sp³-hybridized carbons (Fsp3) is 0.143. The van der Waals surface area contributed by atoms with E-state index >= 15 is 0 Å². The molecular weight excluding hydrogens is 144 g/mol. The zero-order valence-electron chi connectivity index (χ0n) is 5.54. The number of benzene rings is 1. The summed E-state index contributed by atoms with van der Waals surface area (Å²) in [6, 6.07) is 5.56. The Kier molecular flexibility index (Phi) is 2.19. The first-order chi connectivity index (χ1) is 4.75. The summed E-state index contributed by atoms with van der Waals surface area (Å²) < 4.78 is 0. The third-order valence-electron chi connectivity index (χ3n) is 1.39. The van der Waals surface area contributed by atoms with E-state index in [1.165, 1.54) is 0 Å². The van der Waals surface area contributed by atoms with Crippen molar-refractivity contribution in [3.63, 3.8) is 0 Å². The Balaban J connectivity index is 3.17. The second-order valence-electron chi connectivity index (χ2n) is 2.05. The van der Waals surface area contributed by atoms with Crippen molar-refractivity contribution in [2.75, 3.05) is 5.73 Å². The number of nitrogens with two attached hydrogens (primary N) is 2. The zero-order valence-corrected chi connectivity index (χ0v) is 6.44. The minimum atomic E-state index is 0.450. The van der Waals surface area contributed by atoms with Crippen molar-refractivity contribution in [2.45, 2.75) is 11.4 Å². The second kappa shape index (κ2) is 2.94. The fourth-order valence-corrected chi connectivity index (χ4v) is 1.12. The summed E-state index contributed by atoms with van der Waals surface area (Å²) in [5.41, 5.74) is 12.7. The maximum Gasteiger partial charge on any atom is 0.0370 e. The summed E-state index contributed by atoms with van der Waals surface area (Å²) in [7, 11) is 0. The van der Waals surface area contributed by atoms with Crippen LogP contribution in [0.15, 0.2) is 23.1 Å². The summed E-state index contributed by atoms with van der Waals surface area (Å²) in [5, 5.41) is 0. The highest BCUT2D eigenvalue weighted by Gasteiger charge is 1.98. The lowest BCUT2D eigenvalue weighted by Gasteiger charge is -2.03. The smallest absolute Gasteiger partial charge is 0.0370 e. The van der Waals surface area contributed by atoms with Gasteiger partial charge in [-0.25, -0.2) is 0 Å². The lowest BCUT2D eigenvalue weighted by Crippen LogP contribution is -2.02. The van der Waals surface area contributed by atoms with Crippen LogP contribution >= 0.6 is 12.6 Å². The van der Waals surface area contributed by atoms with Crippen LogP contribution < -0.4 is 11.5 Å². The Hall–Kier alpha value is -0.670. The highest BCUT2D eigenvalue weighted by molar-refractivity contribution is 7.80. The molecule has 1 rings (SSSR count). The summed E-state index contributed by atoms with van der Waals surface area (Å²) in [6.45, 7) is 0.450. The number of thiol groups is 1. The molecule has 54 valence electrons. The van der Waals surface area contributed by atoms with Crippen LogP contribution in [0.1, 0.15) is 5.56 Å². The molecule has 0 saturated heterocycles. The molecule has 0 radical (unpaired) electrons. The molecule has 0 spiro atoms. The van der Waals surface area contributed by atoms with E-state index < -0.39 is 0 Å². The lowest BCUT2D eigenvalue weighted by molar-refractivity contribution is 1.03. The van der Waals surface area contributed by atoms with Crippen molar-refractivity contribution in [2.24, 2.45) is 5.73 Å². The summed E-state index contributed by atoms with van der Waals surface area (Å²) in [4.78, 5) is 0.863. The molecule has 0 bridgehead atoms. The molecule has 0 aromatic heterocycles. The number of nitrogen functional groups attached to an aromatic ring is 1. The molecule has 0 fully saturated rings. The molecule has 4 N–H and O–H groups in total. The minimum absolute atomic E-state index is 0.450. The molecule has 0 aliphatic heterocycles. The maximum absolute atomic E-state index is 5.60.